The van der Waals surface area contributed by atoms with E-state index in [9.17, 15) is 116 Å². The number of aliphatic hydroxyl groups excluding tert-OH is 19. The van der Waals surface area contributed by atoms with Crippen LogP contribution in [-0.2, 0) is 85.5 Å². The number of nitrogens with one attached hydrogen (secondary N) is 3. The predicted octanol–water partition coefficient (Wildman–Crippen LogP) is -14.2. The summed E-state index contributed by atoms with van der Waals surface area (Å²) in [7, 11) is 0. The fraction of sp³-hybridized carbons (Fsp3) is 0.925. The maximum Gasteiger partial charge on any atom is 0.332 e. The molecular formula is C53H89N3O37. The lowest BCUT2D eigenvalue weighted by Gasteiger charge is -2.51. The van der Waals surface area contributed by atoms with Crippen molar-refractivity contribution >= 4 is 24.2 Å². The number of ether oxygens (including phenoxy) is 14. The summed E-state index contributed by atoms with van der Waals surface area (Å²) < 4.78 is 81.6. The van der Waals surface area contributed by atoms with E-state index in [1.165, 1.54) is 20.8 Å². The van der Waals surface area contributed by atoms with Crippen molar-refractivity contribution < 1.29 is 183 Å². The van der Waals surface area contributed by atoms with Gasteiger partial charge in [0, 0.05) is 26.7 Å². The number of carbonyl (C=O) groups excluding carboxylic acids is 4. The number of hydrogen-bond acceptors (Lipinski definition) is 37. The molecule has 7 fully saturated rings. The maximum atomic E-state index is 12.9. The van der Waals surface area contributed by atoms with Gasteiger partial charge in [-0.05, 0) is 6.92 Å². The molecule has 0 aliphatic carbocycles. The summed E-state index contributed by atoms with van der Waals surface area (Å²) in [6.45, 7) is -1.08. The molecule has 0 aromatic heterocycles. The first-order valence-electron chi connectivity index (χ1n) is 29.9. The van der Waals surface area contributed by atoms with Crippen LogP contribution in [0.25, 0.3) is 0 Å². The lowest BCUT2D eigenvalue weighted by Crippen LogP contribution is -2.70. The van der Waals surface area contributed by atoms with E-state index in [-0.39, 0.29) is 6.47 Å². The highest BCUT2D eigenvalue weighted by atomic mass is 16.9. The second kappa shape index (κ2) is 33.4. The molecule has 0 aromatic carbocycles. The molecule has 16 unspecified atom stereocenters. The van der Waals surface area contributed by atoms with Crippen LogP contribution < -0.4 is 16.0 Å². The number of amides is 3. The van der Waals surface area contributed by atoms with Crippen LogP contribution >= 0.6 is 0 Å². The van der Waals surface area contributed by atoms with Crippen molar-refractivity contribution in [2.24, 2.45) is 5.92 Å². The first kappa shape index (κ1) is 77.0. The fourth-order valence-corrected chi connectivity index (χ4v) is 12.2. The van der Waals surface area contributed by atoms with Crippen LogP contribution in [0.1, 0.15) is 41.0 Å². The van der Waals surface area contributed by atoms with Crippen molar-refractivity contribution in [3.63, 3.8) is 0 Å². The lowest BCUT2D eigenvalue weighted by molar-refractivity contribution is -0.424. The highest BCUT2D eigenvalue weighted by molar-refractivity contribution is 5.74. The van der Waals surface area contributed by atoms with E-state index in [0.29, 0.717) is 0 Å². The summed E-state index contributed by atoms with van der Waals surface area (Å²) in [4.78, 5) is 49.3. The largest absolute Gasteiger partial charge is 0.410 e. The van der Waals surface area contributed by atoms with Crippen molar-refractivity contribution in [3.8, 4) is 0 Å². The highest BCUT2D eigenvalue weighted by Gasteiger charge is 2.60. The topological polar surface area (TPSA) is 618 Å². The van der Waals surface area contributed by atoms with Gasteiger partial charge in [0.2, 0.25) is 17.7 Å². The first-order chi connectivity index (χ1) is 43.9. The Labute approximate surface area is 529 Å². The van der Waals surface area contributed by atoms with E-state index >= 15 is 0 Å². The smallest absolute Gasteiger partial charge is 0.332 e. The summed E-state index contributed by atoms with van der Waals surface area (Å²) in [6, 6.07) is -4.72. The van der Waals surface area contributed by atoms with Gasteiger partial charge in [0.05, 0.1) is 77.0 Å². The SMILES string of the molecule is CC(=O)NC1[C@H](O[C@@H]2C(CO)O[C@@H](C)C(NC(C)=O)[C@H]2O)OC(CO)[C@@H](O[C@@H]2OC(CO)[C@@H](O)[C@H](O[C@H]3OC(CO)[C@@H](O)C(O)C3O[C@@H]3OC(CO)[C@H](O[C@@H]4OC(CO[C@]5(OC=O)C[C@@H](O)[C@@H](C)C(C(O)C(O)CO)O5)[C@H](O)[C@H](O)C4O)[C@H](O)C3NC(C)=O)C2O)[C@@H]1O. The zero-order chi connectivity index (χ0) is 68.8. The normalized spacial score (nSPS) is 47.2. The number of hydrogen-bond donors (Lipinski definition) is 22. The summed E-state index contributed by atoms with van der Waals surface area (Å²) in [5.74, 6) is -5.88. The summed E-state index contributed by atoms with van der Waals surface area (Å²) >= 11 is 0. The Morgan fingerprint density at radius 3 is 1.38 bits per heavy atom. The highest BCUT2D eigenvalue weighted by Crippen LogP contribution is 2.40. The monoisotopic (exact) mass is 1360 g/mol. The van der Waals surface area contributed by atoms with Gasteiger partial charge in [-0.2, -0.15) is 0 Å². The molecule has 538 valence electrons. The third-order valence-corrected chi connectivity index (χ3v) is 17.2. The minimum absolute atomic E-state index is 0.161. The predicted molar refractivity (Wildman–Crippen MR) is 290 cm³/mol. The Morgan fingerprint density at radius 2 is 0.882 bits per heavy atom. The molecule has 0 spiro atoms. The molecule has 22 N–H and O–H groups in total. The van der Waals surface area contributed by atoms with Gasteiger partial charge in [-0.1, -0.05) is 6.92 Å². The van der Waals surface area contributed by atoms with E-state index in [1.54, 1.807) is 0 Å². The lowest BCUT2D eigenvalue weighted by atomic mass is 9.87. The van der Waals surface area contributed by atoms with Gasteiger partial charge in [0.25, 0.3) is 6.47 Å². The van der Waals surface area contributed by atoms with Crippen LogP contribution in [0.5, 0.6) is 0 Å². The number of rotatable bonds is 26. The van der Waals surface area contributed by atoms with Gasteiger partial charge in [0.1, 0.15) is 152 Å². The summed E-state index contributed by atoms with van der Waals surface area (Å²) in [5.41, 5.74) is 0. The van der Waals surface area contributed by atoms with Crippen molar-refractivity contribution in [1.29, 1.82) is 0 Å². The van der Waals surface area contributed by atoms with Gasteiger partial charge in [-0.3, -0.25) is 19.2 Å². The minimum atomic E-state index is -2.60. The zero-order valence-corrected chi connectivity index (χ0v) is 50.8. The molecule has 40 heteroatoms. The average molecular weight is 1360 g/mol. The van der Waals surface area contributed by atoms with Crippen molar-refractivity contribution in [3.05, 3.63) is 0 Å². The van der Waals surface area contributed by atoms with E-state index in [4.69, 9.17) is 66.3 Å². The van der Waals surface area contributed by atoms with Crippen LogP contribution in [0.15, 0.2) is 0 Å². The average Bonchev–Trinajstić information content (AvgIpc) is 0.784. The molecule has 36 atom stereocenters. The quantitative estimate of drug-likeness (QED) is 0.0282. The van der Waals surface area contributed by atoms with E-state index in [1.807, 2.05) is 0 Å². The molecule has 7 saturated heterocycles. The first-order valence-corrected chi connectivity index (χ1v) is 29.9. The maximum absolute atomic E-state index is 12.9. The third kappa shape index (κ3) is 17.2. The Kier molecular flexibility index (Phi) is 27.7. The second-order valence-electron chi connectivity index (χ2n) is 23.8. The van der Waals surface area contributed by atoms with Crippen LogP contribution in [0, 0.1) is 5.92 Å². The number of aliphatic hydroxyl groups is 19. The second-order valence-corrected chi connectivity index (χ2v) is 23.8. The van der Waals surface area contributed by atoms with E-state index in [2.05, 4.69) is 16.0 Å². The summed E-state index contributed by atoms with van der Waals surface area (Å²) in [6.07, 6.45) is -59.7. The van der Waals surface area contributed by atoms with Gasteiger partial charge >= 0.3 is 5.97 Å². The molecule has 0 saturated carbocycles. The molecule has 3 amide bonds. The number of carbonyl (C=O) groups is 4. The van der Waals surface area contributed by atoms with E-state index < -0.39 is 291 Å². The molecule has 93 heavy (non-hydrogen) atoms. The van der Waals surface area contributed by atoms with Crippen LogP contribution in [0.2, 0.25) is 0 Å². The molecule has 7 heterocycles. The zero-order valence-electron chi connectivity index (χ0n) is 50.8. The van der Waals surface area contributed by atoms with Crippen LogP contribution in [0.4, 0.5) is 0 Å². The Morgan fingerprint density at radius 1 is 0.473 bits per heavy atom. The third-order valence-electron chi connectivity index (χ3n) is 17.2. The Bertz CT molecular complexity index is 2380. The van der Waals surface area contributed by atoms with Crippen molar-refractivity contribution in [1.82, 2.24) is 16.0 Å². The molecule has 0 radical (unpaired) electrons. The molecule has 40 nitrogen and oxygen atoms in total. The molecule has 7 aliphatic heterocycles. The fourth-order valence-electron chi connectivity index (χ4n) is 12.2. The molecular weight excluding hydrogens is 1270 g/mol. The van der Waals surface area contributed by atoms with Gasteiger partial charge in [-0.25, -0.2) is 0 Å². The van der Waals surface area contributed by atoms with Gasteiger partial charge in [0.15, 0.2) is 31.5 Å². The standard InChI is InChI=1S/C53H89N3O37/c1-15-20(67)6-53(81-14-63,93-42(15)31(69)21(68)7-57)80-13-27-33(71)38(76)40(78)50(87-27)89-44-25(11-61)86-49(30(37(44)75)56-19(5)66)92-47-39(77)32(70)22(8-58)84-52(47)91-46-34(72)23(9-59)83-51(41(46)79)90-45-26(12-62)85-48(29(36(45)74)55-18(4)65)88-43-24(10-60)82-16(2)28(35(43)73)54-17(3)64/h14-16,20-52,57-62,67-79H,6-13H2,1-5H3,(H,54,64)(H,55,65)(H,56,66)/t15-,16+,20-,21?,22?,23?,24?,25?,26?,27?,28?,29?,30?,31?,32-,33+,34-,35-,36-,37-,38+,39?,40?,41?,42?,43-,44+,45-,46+,47?,48+,49+,50+,51+,52-,53+/m1/s1. The van der Waals surface area contributed by atoms with Crippen LogP contribution in [0.3, 0.4) is 0 Å². The van der Waals surface area contributed by atoms with Crippen LogP contribution in [-0.4, -0.2) is 382 Å². The molecule has 7 rings (SSSR count). The molecule has 0 bridgehead atoms. The summed E-state index contributed by atoms with van der Waals surface area (Å²) in [5, 5.41) is 216. The minimum Gasteiger partial charge on any atom is -0.410 e. The van der Waals surface area contributed by atoms with E-state index in [0.717, 1.165) is 13.8 Å². The Balaban J connectivity index is 1.10. The molecule has 7 aliphatic rings. The van der Waals surface area contributed by atoms with Crippen molar-refractivity contribution in [2.75, 3.05) is 46.2 Å². The van der Waals surface area contributed by atoms with Gasteiger partial charge < -0.3 is 179 Å². The Hall–Kier alpha value is -3.40. The van der Waals surface area contributed by atoms with Crippen molar-refractivity contribution in [2.45, 2.75) is 255 Å². The molecule has 0 aromatic rings. The van der Waals surface area contributed by atoms with Gasteiger partial charge in [-0.15, -0.1) is 0 Å².